The van der Waals surface area contributed by atoms with Crippen LogP contribution in [0.25, 0.3) is 0 Å². The number of nitrogens with one attached hydrogen (secondary N) is 1. The molecular formula is C15H15Br2NOS. The van der Waals surface area contributed by atoms with Crippen LogP contribution in [0.4, 0.5) is 0 Å². The van der Waals surface area contributed by atoms with Gasteiger partial charge in [0.2, 0.25) is 0 Å². The van der Waals surface area contributed by atoms with Gasteiger partial charge in [0.25, 0.3) is 0 Å². The summed E-state index contributed by atoms with van der Waals surface area (Å²) in [5.74, 6) is 1.09. The lowest BCUT2D eigenvalue weighted by molar-refractivity contribution is 0.352. The van der Waals surface area contributed by atoms with E-state index in [-0.39, 0.29) is 0 Å². The number of halogens is 2. The molecule has 0 saturated heterocycles. The summed E-state index contributed by atoms with van der Waals surface area (Å²) in [6.07, 6.45) is 1.94. The maximum absolute atomic E-state index is 5.82. The number of hydrogen-bond donors (Lipinski definition) is 1. The van der Waals surface area contributed by atoms with Crippen molar-refractivity contribution in [2.24, 2.45) is 0 Å². The molecule has 5 heteroatoms. The zero-order valence-corrected chi connectivity index (χ0v) is 15.1. The van der Waals surface area contributed by atoms with Crippen LogP contribution in [-0.4, -0.2) is 13.7 Å². The average molecular weight is 417 g/mol. The van der Waals surface area contributed by atoms with E-state index in [9.17, 15) is 0 Å². The molecule has 0 fully saturated rings. The van der Waals surface area contributed by atoms with E-state index < -0.39 is 0 Å². The van der Waals surface area contributed by atoms with E-state index >= 15 is 0 Å². The molecule has 0 spiro atoms. The largest absolute Gasteiger partial charge is 0.493 e. The van der Waals surface area contributed by atoms with E-state index in [1.807, 2.05) is 7.05 Å². The number of fused-ring (bicyclic) bond motifs is 1. The fraction of sp³-hybridized carbons (Fsp3) is 0.333. The van der Waals surface area contributed by atoms with Crippen LogP contribution in [0.15, 0.2) is 31.8 Å². The van der Waals surface area contributed by atoms with E-state index in [4.69, 9.17) is 4.74 Å². The number of rotatable bonds is 4. The number of hydrogen-bond acceptors (Lipinski definition) is 3. The van der Waals surface area contributed by atoms with E-state index in [2.05, 4.69) is 60.8 Å². The molecule has 0 radical (unpaired) electrons. The Morgan fingerprint density at radius 1 is 1.35 bits per heavy atom. The first kappa shape index (κ1) is 14.6. The summed E-state index contributed by atoms with van der Waals surface area (Å²) < 4.78 is 8.12. The summed E-state index contributed by atoms with van der Waals surface area (Å²) in [4.78, 5) is 0. The maximum atomic E-state index is 5.82. The van der Waals surface area contributed by atoms with Gasteiger partial charge in [0, 0.05) is 16.9 Å². The van der Waals surface area contributed by atoms with Crippen molar-refractivity contribution in [3.63, 3.8) is 0 Å². The summed E-state index contributed by atoms with van der Waals surface area (Å²) in [6.45, 7) is 0.799. The Morgan fingerprint density at radius 3 is 2.90 bits per heavy atom. The Hall–Kier alpha value is -0.360. The third-order valence-electron chi connectivity index (χ3n) is 3.59. The molecule has 1 aromatic carbocycles. The van der Waals surface area contributed by atoms with Crippen LogP contribution in [-0.2, 0) is 12.8 Å². The van der Waals surface area contributed by atoms with E-state index in [1.165, 1.54) is 20.5 Å². The zero-order valence-electron chi connectivity index (χ0n) is 11.1. The van der Waals surface area contributed by atoms with Gasteiger partial charge in [0.1, 0.15) is 5.75 Å². The minimum atomic E-state index is 0.306. The van der Waals surface area contributed by atoms with Crippen molar-refractivity contribution in [2.75, 3.05) is 13.7 Å². The predicted octanol–water partition coefficient (Wildman–Crippen LogP) is 4.71. The van der Waals surface area contributed by atoms with Crippen LogP contribution >= 0.6 is 43.2 Å². The molecule has 0 amide bonds. The van der Waals surface area contributed by atoms with Crippen LogP contribution in [0, 0.1) is 0 Å². The molecule has 1 aliphatic rings. The Morgan fingerprint density at radius 2 is 2.20 bits per heavy atom. The highest BCUT2D eigenvalue weighted by Crippen LogP contribution is 2.36. The summed E-state index contributed by atoms with van der Waals surface area (Å²) >= 11 is 8.86. The minimum absolute atomic E-state index is 0.306. The molecule has 1 N–H and O–H groups in total. The van der Waals surface area contributed by atoms with Gasteiger partial charge in [-0.1, -0.05) is 15.9 Å². The highest BCUT2D eigenvalue weighted by Gasteiger charge is 2.20. The SMILES string of the molecule is CNC(Cc1cc(Br)cc2c1OCC2)c1csc(Br)c1. The Balaban J connectivity index is 1.90. The number of likely N-dealkylation sites (N-methyl/N-ethyl adjacent to an activating group) is 1. The van der Waals surface area contributed by atoms with Gasteiger partial charge in [0.05, 0.1) is 10.4 Å². The van der Waals surface area contributed by atoms with Gasteiger partial charge >= 0.3 is 0 Å². The van der Waals surface area contributed by atoms with Crippen LogP contribution in [0.5, 0.6) is 5.75 Å². The van der Waals surface area contributed by atoms with Crippen molar-refractivity contribution in [3.8, 4) is 5.75 Å². The van der Waals surface area contributed by atoms with Gasteiger partial charge in [-0.15, -0.1) is 11.3 Å². The van der Waals surface area contributed by atoms with Gasteiger partial charge < -0.3 is 10.1 Å². The number of benzene rings is 1. The number of thiophene rings is 1. The van der Waals surface area contributed by atoms with Crippen LogP contribution < -0.4 is 10.1 Å². The molecule has 2 nitrogen and oxygen atoms in total. The monoisotopic (exact) mass is 415 g/mol. The van der Waals surface area contributed by atoms with Crippen molar-refractivity contribution < 1.29 is 4.74 Å². The predicted molar refractivity (Wildman–Crippen MR) is 90.9 cm³/mol. The van der Waals surface area contributed by atoms with Gasteiger partial charge in [-0.2, -0.15) is 0 Å². The van der Waals surface area contributed by atoms with E-state index in [0.717, 1.165) is 29.7 Å². The van der Waals surface area contributed by atoms with Crippen molar-refractivity contribution >= 4 is 43.2 Å². The highest BCUT2D eigenvalue weighted by molar-refractivity contribution is 9.11. The van der Waals surface area contributed by atoms with Crippen LogP contribution in [0.3, 0.4) is 0 Å². The topological polar surface area (TPSA) is 21.3 Å². The average Bonchev–Trinajstić information content (AvgIpc) is 3.04. The molecule has 20 heavy (non-hydrogen) atoms. The summed E-state index contributed by atoms with van der Waals surface area (Å²) in [5, 5.41) is 5.60. The van der Waals surface area contributed by atoms with Gasteiger partial charge in [-0.25, -0.2) is 0 Å². The molecule has 1 unspecified atom stereocenters. The molecule has 106 valence electrons. The quantitative estimate of drug-likeness (QED) is 0.778. The summed E-state index contributed by atoms with van der Waals surface area (Å²) in [5.41, 5.74) is 3.90. The highest BCUT2D eigenvalue weighted by atomic mass is 79.9. The Labute approximate surface area is 139 Å². The van der Waals surface area contributed by atoms with Crippen molar-refractivity contribution in [1.29, 1.82) is 0 Å². The maximum Gasteiger partial charge on any atom is 0.125 e. The molecule has 1 atom stereocenters. The van der Waals surface area contributed by atoms with Gasteiger partial charge in [-0.3, -0.25) is 0 Å². The van der Waals surface area contributed by atoms with Gasteiger partial charge in [0.15, 0.2) is 0 Å². The molecule has 3 rings (SSSR count). The van der Waals surface area contributed by atoms with Crippen molar-refractivity contribution in [2.45, 2.75) is 18.9 Å². The minimum Gasteiger partial charge on any atom is -0.493 e. The molecular weight excluding hydrogens is 402 g/mol. The third kappa shape index (κ3) is 2.96. The fourth-order valence-corrected chi connectivity index (χ4v) is 4.39. The lowest BCUT2D eigenvalue weighted by Crippen LogP contribution is -2.18. The van der Waals surface area contributed by atoms with Crippen molar-refractivity contribution in [3.05, 3.63) is 48.5 Å². The number of ether oxygens (including phenoxy) is 1. The second-order valence-corrected chi connectivity index (χ2v) is 8.09. The normalized spacial score (nSPS) is 14.9. The molecule has 1 aromatic heterocycles. The van der Waals surface area contributed by atoms with E-state index in [1.54, 1.807) is 11.3 Å². The summed E-state index contributed by atoms with van der Waals surface area (Å²) in [7, 11) is 2.01. The smallest absolute Gasteiger partial charge is 0.125 e. The first-order valence-electron chi connectivity index (χ1n) is 6.52. The molecule has 2 aromatic rings. The fourth-order valence-electron chi connectivity index (χ4n) is 2.61. The molecule has 2 heterocycles. The first-order chi connectivity index (χ1) is 9.67. The lowest BCUT2D eigenvalue weighted by Gasteiger charge is -2.17. The van der Waals surface area contributed by atoms with Crippen LogP contribution in [0.2, 0.25) is 0 Å². The summed E-state index contributed by atoms with van der Waals surface area (Å²) in [6, 6.07) is 6.84. The third-order valence-corrected chi connectivity index (χ3v) is 5.57. The molecule has 0 aliphatic carbocycles. The molecule has 1 aliphatic heterocycles. The second kappa shape index (κ2) is 6.18. The Kier molecular flexibility index (Phi) is 4.50. The first-order valence-corrected chi connectivity index (χ1v) is 8.99. The Bertz CT molecular complexity index is 626. The van der Waals surface area contributed by atoms with Gasteiger partial charge in [-0.05, 0) is 69.7 Å². The van der Waals surface area contributed by atoms with Crippen molar-refractivity contribution in [1.82, 2.24) is 5.32 Å². The standard InChI is InChI=1S/C15H15Br2NOS/c1-18-13(11-7-14(17)20-8-11)6-10-5-12(16)4-9-2-3-19-15(9)10/h4-5,7-8,13,18H,2-3,6H2,1H3. The van der Waals surface area contributed by atoms with Crippen LogP contribution in [0.1, 0.15) is 22.7 Å². The zero-order chi connectivity index (χ0) is 14.1. The second-order valence-electron chi connectivity index (χ2n) is 4.88. The molecule has 0 bridgehead atoms. The lowest BCUT2D eigenvalue weighted by atomic mass is 9.98. The molecule has 0 saturated carbocycles. The van der Waals surface area contributed by atoms with E-state index in [0.29, 0.717) is 6.04 Å².